The van der Waals surface area contributed by atoms with Gasteiger partial charge >= 0.3 is 5.97 Å². The summed E-state index contributed by atoms with van der Waals surface area (Å²) >= 11 is 5.92. The number of hydrogen-bond acceptors (Lipinski definition) is 4. The van der Waals surface area contributed by atoms with Gasteiger partial charge in [-0.15, -0.1) is 0 Å². The van der Waals surface area contributed by atoms with Crippen molar-refractivity contribution < 1.29 is 9.90 Å². The highest BCUT2D eigenvalue weighted by atomic mass is 35.5. The molecular weight excluding hydrogens is 338 g/mol. The first-order valence-corrected chi connectivity index (χ1v) is 8.57. The SMILES string of the molecule is O=C(O)c1ccc(/C=N/N2CCN(Cc3ccc(Cl)cc3)CC2)cc1. The van der Waals surface area contributed by atoms with E-state index in [4.69, 9.17) is 16.7 Å². The molecule has 2 aromatic rings. The lowest BCUT2D eigenvalue weighted by molar-refractivity contribution is 0.0697. The molecule has 0 spiro atoms. The van der Waals surface area contributed by atoms with Gasteiger partial charge in [0.25, 0.3) is 0 Å². The lowest BCUT2D eigenvalue weighted by atomic mass is 10.1. The summed E-state index contributed by atoms with van der Waals surface area (Å²) in [5.74, 6) is -0.916. The Morgan fingerprint density at radius 2 is 1.68 bits per heavy atom. The zero-order valence-electron chi connectivity index (χ0n) is 13.8. The van der Waals surface area contributed by atoms with Crippen molar-refractivity contribution in [2.24, 2.45) is 5.10 Å². The van der Waals surface area contributed by atoms with Crippen LogP contribution in [0.25, 0.3) is 0 Å². The summed E-state index contributed by atoms with van der Waals surface area (Å²) in [4.78, 5) is 13.2. The minimum Gasteiger partial charge on any atom is -0.478 e. The first-order chi connectivity index (χ1) is 12.1. The molecule has 2 aromatic carbocycles. The Hall–Kier alpha value is -2.37. The van der Waals surface area contributed by atoms with Crippen molar-refractivity contribution >= 4 is 23.8 Å². The second-order valence-electron chi connectivity index (χ2n) is 6.03. The van der Waals surface area contributed by atoms with E-state index in [1.807, 2.05) is 17.1 Å². The molecule has 6 heteroatoms. The molecule has 0 unspecified atom stereocenters. The molecule has 0 saturated carbocycles. The van der Waals surface area contributed by atoms with Crippen LogP contribution in [0.4, 0.5) is 0 Å². The fraction of sp³-hybridized carbons (Fsp3) is 0.263. The van der Waals surface area contributed by atoms with Crippen LogP contribution < -0.4 is 0 Å². The molecule has 0 radical (unpaired) electrons. The van der Waals surface area contributed by atoms with E-state index >= 15 is 0 Å². The van der Waals surface area contributed by atoms with Crippen molar-refractivity contribution in [3.05, 3.63) is 70.2 Å². The zero-order chi connectivity index (χ0) is 17.6. The molecule has 1 saturated heterocycles. The molecule has 0 aromatic heterocycles. The second kappa shape index (κ2) is 8.14. The van der Waals surface area contributed by atoms with Gasteiger partial charge in [-0.05, 0) is 35.4 Å². The van der Waals surface area contributed by atoms with Crippen LogP contribution in [0, 0.1) is 0 Å². The number of carboxylic acid groups (broad SMARTS) is 1. The fourth-order valence-corrected chi connectivity index (χ4v) is 2.84. The number of benzene rings is 2. The third-order valence-corrected chi connectivity index (χ3v) is 4.45. The molecule has 5 nitrogen and oxygen atoms in total. The Labute approximate surface area is 152 Å². The summed E-state index contributed by atoms with van der Waals surface area (Å²) in [7, 11) is 0. The van der Waals surface area contributed by atoms with Crippen LogP contribution in [0.1, 0.15) is 21.5 Å². The molecule has 0 atom stereocenters. The van der Waals surface area contributed by atoms with Crippen LogP contribution in [0.5, 0.6) is 0 Å². The summed E-state index contributed by atoms with van der Waals surface area (Å²) < 4.78 is 0. The predicted octanol–water partition coefficient (Wildman–Crippen LogP) is 3.19. The molecule has 25 heavy (non-hydrogen) atoms. The van der Waals surface area contributed by atoms with Crippen LogP contribution in [0.3, 0.4) is 0 Å². The molecular formula is C19H20ClN3O2. The topological polar surface area (TPSA) is 56.1 Å². The van der Waals surface area contributed by atoms with Gasteiger partial charge in [-0.25, -0.2) is 4.79 Å². The molecule has 0 amide bonds. The van der Waals surface area contributed by atoms with Crippen molar-refractivity contribution in [2.45, 2.75) is 6.54 Å². The molecule has 1 aliphatic rings. The van der Waals surface area contributed by atoms with E-state index in [0.29, 0.717) is 0 Å². The van der Waals surface area contributed by atoms with Gasteiger partial charge in [0.05, 0.1) is 11.8 Å². The molecule has 130 valence electrons. The smallest absolute Gasteiger partial charge is 0.335 e. The minimum absolute atomic E-state index is 0.285. The minimum atomic E-state index is -0.916. The number of rotatable bonds is 5. The number of carboxylic acids is 1. The van der Waals surface area contributed by atoms with E-state index < -0.39 is 5.97 Å². The molecule has 1 heterocycles. The highest BCUT2D eigenvalue weighted by molar-refractivity contribution is 6.30. The Morgan fingerprint density at radius 1 is 1.04 bits per heavy atom. The number of hydrogen-bond donors (Lipinski definition) is 1. The van der Waals surface area contributed by atoms with E-state index in [1.165, 1.54) is 5.56 Å². The van der Waals surface area contributed by atoms with Crippen LogP contribution in [0.15, 0.2) is 53.6 Å². The number of hydrazone groups is 1. The van der Waals surface area contributed by atoms with E-state index in [0.717, 1.165) is 43.3 Å². The van der Waals surface area contributed by atoms with Crippen LogP contribution in [-0.2, 0) is 6.54 Å². The number of nitrogens with zero attached hydrogens (tertiary/aromatic N) is 3. The average Bonchev–Trinajstić information content (AvgIpc) is 2.63. The first-order valence-electron chi connectivity index (χ1n) is 8.19. The number of carbonyl (C=O) groups is 1. The Balaban J connectivity index is 1.48. The van der Waals surface area contributed by atoms with E-state index in [9.17, 15) is 4.79 Å². The molecule has 3 rings (SSSR count). The monoisotopic (exact) mass is 357 g/mol. The zero-order valence-corrected chi connectivity index (χ0v) is 14.6. The molecule has 0 aliphatic carbocycles. The molecule has 1 aliphatic heterocycles. The maximum Gasteiger partial charge on any atom is 0.335 e. The van der Waals surface area contributed by atoms with Crippen LogP contribution in [0.2, 0.25) is 5.02 Å². The van der Waals surface area contributed by atoms with E-state index in [2.05, 4.69) is 22.1 Å². The van der Waals surface area contributed by atoms with E-state index in [-0.39, 0.29) is 5.56 Å². The van der Waals surface area contributed by atoms with Gasteiger partial charge in [-0.3, -0.25) is 9.91 Å². The van der Waals surface area contributed by atoms with Crippen molar-refractivity contribution in [3.63, 3.8) is 0 Å². The lowest BCUT2D eigenvalue weighted by Crippen LogP contribution is -2.43. The number of halogens is 1. The lowest BCUT2D eigenvalue weighted by Gasteiger charge is -2.33. The van der Waals surface area contributed by atoms with Crippen molar-refractivity contribution in [3.8, 4) is 0 Å². The average molecular weight is 358 g/mol. The summed E-state index contributed by atoms with van der Waals surface area (Å²) in [6.45, 7) is 4.58. The van der Waals surface area contributed by atoms with Gasteiger partial charge in [0.2, 0.25) is 0 Å². The maximum absolute atomic E-state index is 10.8. The van der Waals surface area contributed by atoms with Gasteiger partial charge in [0, 0.05) is 37.7 Å². The van der Waals surface area contributed by atoms with E-state index in [1.54, 1.807) is 30.5 Å². The summed E-state index contributed by atoms with van der Waals surface area (Å²) in [6, 6.07) is 14.7. The van der Waals surface area contributed by atoms with Crippen LogP contribution in [-0.4, -0.2) is 53.4 Å². The second-order valence-corrected chi connectivity index (χ2v) is 6.46. The van der Waals surface area contributed by atoms with Gasteiger partial charge in [0.15, 0.2) is 0 Å². The number of piperazine rings is 1. The Morgan fingerprint density at radius 3 is 2.28 bits per heavy atom. The van der Waals surface area contributed by atoms with Crippen LogP contribution >= 0.6 is 11.6 Å². The summed E-state index contributed by atoms with van der Waals surface area (Å²) in [6.07, 6.45) is 1.78. The number of aromatic carboxylic acids is 1. The third-order valence-electron chi connectivity index (χ3n) is 4.20. The molecule has 1 fully saturated rings. The fourth-order valence-electron chi connectivity index (χ4n) is 2.72. The highest BCUT2D eigenvalue weighted by Gasteiger charge is 2.15. The quantitative estimate of drug-likeness (QED) is 0.835. The molecule has 1 N–H and O–H groups in total. The van der Waals surface area contributed by atoms with Gasteiger partial charge in [-0.1, -0.05) is 35.9 Å². The Kier molecular flexibility index (Phi) is 5.68. The Bertz CT molecular complexity index is 736. The maximum atomic E-state index is 10.8. The first kappa shape index (κ1) is 17.5. The van der Waals surface area contributed by atoms with Gasteiger partial charge < -0.3 is 5.11 Å². The standard InChI is InChI=1S/C19H20ClN3O2/c20-18-7-3-16(4-8-18)14-22-9-11-23(12-10-22)21-13-15-1-5-17(6-2-15)19(24)25/h1-8,13H,9-12,14H2,(H,24,25)/b21-13+. The van der Waals surface area contributed by atoms with Crippen molar-refractivity contribution in [1.29, 1.82) is 0 Å². The van der Waals surface area contributed by atoms with Crippen molar-refractivity contribution in [1.82, 2.24) is 9.91 Å². The summed E-state index contributed by atoms with van der Waals surface area (Å²) in [5, 5.41) is 16.2. The highest BCUT2D eigenvalue weighted by Crippen LogP contribution is 2.13. The predicted molar refractivity (Wildman–Crippen MR) is 99.3 cm³/mol. The largest absolute Gasteiger partial charge is 0.478 e. The third kappa shape index (κ3) is 5.05. The normalized spacial score (nSPS) is 15.6. The summed E-state index contributed by atoms with van der Waals surface area (Å²) in [5.41, 5.74) is 2.45. The molecule has 0 bridgehead atoms. The van der Waals surface area contributed by atoms with Crippen molar-refractivity contribution in [2.75, 3.05) is 26.2 Å². The van der Waals surface area contributed by atoms with Gasteiger partial charge in [-0.2, -0.15) is 5.10 Å². The van der Waals surface area contributed by atoms with Gasteiger partial charge in [0.1, 0.15) is 0 Å².